The van der Waals surface area contributed by atoms with Crippen LogP contribution in [0.4, 0.5) is 0 Å². The van der Waals surface area contributed by atoms with Crippen LogP contribution in [-0.2, 0) is 25.7 Å². The third-order valence-electron chi connectivity index (χ3n) is 14.3. The standard InChI is InChI=1S/C56H62/c1-5-9-13-17-21-35-29-39-25-26-40-31-37(23-19-15-11-7-3)45-34-46-38(24-20-16-12-8-4)32-42-28-27-41-30-36(22-18-14-10-6-2)44-33-43(35)51-47(39)48(40)53(45)56-54(46)50(42)49(41)52(44)55(51)56/h25-34H,5-24H2,1-4H3. The van der Waals surface area contributed by atoms with Crippen LogP contribution >= 0.6 is 0 Å². The van der Waals surface area contributed by atoms with E-state index in [1.807, 2.05) is 0 Å². The van der Waals surface area contributed by atoms with Crippen LogP contribution in [0.1, 0.15) is 153 Å². The lowest BCUT2D eigenvalue weighted by molar-refractivity contribution is 0.668. The lowest BCUT2D eigenvalue weighted by atomic mass is 9.74. The van der Waals surface area contributed by atoms with E-state index >= 15 is 0 Å². The van der Waals surface area contributed by atoms with Crippen molar-refractivity contribution in [2.45, 2.75) is 156 Å². The molecule has 0 heterocycles. The van der Waals surface area contributed by atoms with Crippen molar-refractivity contribution in [3.05, 3.63) is 82.9 Å². The Morgan fingerprint density at radius 1 is 0.250 bits per heavy atom. The fourth-order valence-electron chi connectivity index (χ4n) is 11.6. The van der Waals surface area contributed by atoms with E-state index in [2.05, 4.69) is 88.4 Å². The van der Waals surface area contributed by atoms with Crippen molar-refractivity contribution in [3.63, 3.8) is 0 Å². The smallest absolute Gasteiger partial charge is 0.0000721 e. The largest absolute Gasteiger partial charge is 0.0654 e. The number of aryl methyl sites for hydroxylation is 4. The minimum absolute atomic E-state index is 1.17. The van der Waals surface area contributed by atoms with Gasteiger partial charge in [-0.1, -0.05) is 153 Å². The fraction of sp³-hybridized carbons (Fsp3) is 0.429. The summed E-state index contributed by atoms with van der Waals surface area (Å²) in [4.78, 5) is 0. The highest BCUT2D eigenvalue weighted by atomic mass is 14.3. The van der Waals surface area contributed by atoms with Gasteiger partial charge in [-0.15, -0.1) is 0 Å². The van der Waals surface area contributed by atoms with Gasteiger partial charge in [0.1, 0.15) is 0 Å². The number of hydrogen-bond acceptors (Lipinski definition) is 0. The Morgan fingerprint density at radius 3 is 0.732 bits per heavy atom. The first-order valence-corrected chi connectivity index (χ1v) is 23.3. The van der Waals surface area contributed by atoms with E-state index in [1.165, 1.54) is 172 Å². The molecule has 0 fully saturated rings. The third kappa shape index (κ3) is 5.59. The molecular formula is C56H62. The van der Waals surface area contributed by atoms with Gasteiger partial charge in [0.15, 0.2) is 0 Å². The van der Waals surface area contributed by atoms with Gasteiger partial charge in [0, 0.05) is 0 Å². The normalized spacial score (nSPS) is 13.0. The maximum absolute atomic E-state index is 2.71. The summed E-state index contributed by atoms with van der Waals surface area (Å²) in [6.45, 7) is 9.36. The third-order valence-corrected chi connectivity index (χ3v) is 14.3. The molecule has 0 heteroatoms. The first-order chi connectivity index (χ1) is 27.7. The summed E-state index contributed by atoms with van der Waals surface area (Å²) in [5.74, 6) is 0. The molecule has 0 N–H and O–H groups in total. The van der Waals surface area contributed by atoms with Crippen LogP contribution in [-0.4, -0.2) is 0 Å². The molecule has 0 aliphatic carbocycles. The Morgan fingerprint density at radius 2 is 0.500 bits per heavy atom. The molecule has 0 bridgehead atoms. The maximum Gasteiger partial charge on any atom is -0.0000721 e. The van der Waals surface area contributed by atoms with E-state index in [-0.39, 0.29) is 0 Å². The number of unbranched alkanes of at least 4 members (excludes halogenated alkanes) is 12. The number of rotatable bonds is 20. The molecule has 0 unspecified atom stereocenters. The monoisotopic (exact) mass is 734 g/mol. The Balaban J connectivity index is 1.39. The van der Waals surface area contributed by atoms with Crippen molar-refractivity contribution in [1.29, 1.82) is 0 Å². The predicted molar refractivity (Wildman–Crippen MR) is 251 cm³/mol. The molecule has 0 saturated carbocycles. The van der Waals surface area contributed by atoms with Gasteiger partial charge < -0.3 is 0 Å². The highest BCUT2D eigenvalue weighted by Crippen LogP contribution is 2.57. The number of hydrogen-bond donors (Lipinski definition) is 0. The molecule has 0 nitrogen and oxygen atoms in total. The lowest BCUT2D eigenvalue weighted by Gasteiger charge is -2.28. The second-order valence-electron chi connectivity index (χ2n) is 18.1. The molecule has 0 spiro atoms. The Hall–Kier alpha value is -4.16. The molecule has 0 aliphatic heterocycles. The van der Waals surface area contributed by atoms with Crippen LogP contribution in [0.5, 0.6) is 0 Å². The Kier molecular flexibility index (Phi) is 9.68. The molecule has 0 atom stereocenters. The minimum atomic E-state index is 1.17. The fourth-order valence-corrected chi connectivity index (χ4v) is 11.6. The molecule has 0 amide bonds. The Labute approximate surface area is 334 Å². The van der Waals surface area contributed by atoms with Crippen molar-refractivity contribution in [1.82, 2.24) is 0 Å². The lowest BCUT2D eigenvalue weighted by Crippen LogP contribution is -2.02. The molecule has 10 aromatic rings. The predicted octanol–water partition coefficient (Wildman–Crippen LogP) is 17.7. The molecule has 0 radical (unpaired) electrons. The average molecular weight is 735 g/mol. The molecule has 56 heavy (non-hydrogen) atoms. The van der Waals surface area contributed by atoms with Crippen molar-refractivity contribution >= 4 is 97.0 Å². The van der Waals surface area contributed by atoms with Crippen LogP contribution in [0.2, 0.25) is 0 Å². The van der Waals surface area contributed by atoms with E-state index in [0.717, 1.165) is 0 Å². The SMILES string of the molecule is CCCCCCc1cc2ccc3cc(CCCCCC)c4cc5c(CCCCCC)cc6ccc7cc(CCCCCC)c8cc1c1c2c3c4c2c5c6c7c8c12. The van der Waals surface area contributed by atoms with Gasteiger partial charge in [-0.05, 0) is 183 Å². The van der Waals surface area contributed by atoms with Gasteiger partial charge >= 0.3 is 0 Å². The average Bonchev–Trinajstić information content (AvgIpc) is 3.22. The van der Waals surface area contributed by atoms with Gasteiger partial charge in [0.05, 0.1) is 0 Å². The van der Waals surface area contributed by atoms with Gasteiger partial charge in [-0.2, -0.15) is 0 Å². The summed E-state index contributed by atoms with van der Waals surface area (Å²) in [5.41, 5.74) is 6.30. The van der Waals surface area contributed by atoms with Crippen LogP contribution in [0.3, 0.4) is 0 Å². The van der Waals surface area contributed by atoms with Crippen LogP contribution in [0, 0.1) is 0 Å². The van der Waals surface area contributed by atoms with Gasteiger partial charge in [0.2, 0.25) is 0 Å². The van der Waals surface area contributed by atoms with Crippen molar-refractivity contribution in [2.75, 3.05) is 0 Å². The van der Waals surface area contributed by atoms with Crippen LogP contribution in [0.25, 0.3) is 97.0 Å². The quantitative estimate of drug-likeness (QED) is 0.0415. The highest BCUT2D eigenvalue weighted by molar-refractivity contribution is 6.54. The molecule has 0 aromatic heterocycles. The highest BCUT2D eigenvalue weighted by Gasteiger charge is 2.29. The van der Waals surface area contributed by atoms with Crippen molar-refractivity contribution in [3.8, 4) is 0 Å². The summed E-state index contributed by atoms with van der Waals surface area (Å²) >= 11 is 0. The van der Waals surface area contributed by atoms with E-state index in [1.54, 1.807) is 76.1 Å². The summed E-state index contributed by atoms with van der Waals surface area (Å²) in [5, 5.41) is 27.6. The first kappa shape index (κ1) is 36.2. The molecule has 286 valence electrons. The summed E-state index contributed by atoms with van der Waals surface area (Å²) in [6.07, 6.45) is 25.5. The molecule has 10 aromatic carbocycles. The van der Waals surface area contributed by atoms with Gasteiger partial charge in [0.25, 0.3) is 0 Å². The first-order valence-electron chi connectivity index (χ1n) is 23.3. The van der Waals surface area contributed by atoms with Crippen molar-refractivity contribution in [2.24, 2.45) is 0 Å². The Bertz CT molecular complexity index is 2510. The second kappa shape index (κ2) is 15.0. The maximum atomic E-state index is 2.71. The molecular weight excluding hydrogens is 673 g/mol. The zero-order valence-electron chi connectivity index (χ0n) is 34.9. The van der Waals surface area contributed by atoms with E-state index in [0.29, 0.717) is 0 Å². The topological polar surface area (TPSA) is 0 Å². The number of benzene rings is 10. The zero-order chi connectivity index (χ0) is 37.9. The van der Waals surface area contributed by atoms with E-state index in [4.69, 9.17) is 0 Å². The minimum Gasteiger partial charge on any atom is -0.0654 e. The van der Waals surface area contributed by atoms with E-state index in [9.17, 15) is 0 Å². The van der Waals surface area contributed by atoms with Gasteiger partial charge in [-0.3, -0.25) is 0 Å². The summed E-state index contributed by atoms with van der Waals surface area (Å²) in [6, 6.07) is 25.9. The zero-order valence-corrected chi connectivity index (χ0v) is 34.9. The van der Waals surface area contributed by atoms with Crippen LogP contribution < -0.4 is 0 Å². The molecule has 0 aliphatic rings. The summed E-state index contributed by atoms with van der Waals surface area (Å²) < 4.78 is 0. The second-order valence-corrected chi connectivity index (χ2v) is 18.1. The van der Waals surface area contributed by atoms with Gasteiger partial charge in [-0.25, -0.2) is 0 Å². The summed E-state index contributed by atoms with van der Waals surface area (Å²) in [7, 11) is 0. The van der Waals surface area contributed by atoms with Crippen LogP contribution in [0.15, 0.2) is 60.7 Å². The van der Waals surface area contributed by atoms with E-state index < -0.39 is 0 Å². The molecule has 0 saturated heterocycles. The van der Waals surface area contributed by atoms with Crippen molar-refractivity contribution < 1.29 is 0 Å². The molecule has 10 rings (SSSR count).